The monoisotopic (exact) mass is 387 g/mol. The first-order chi connectivity index (χ1) is 13.3. The first kappa shape index (κ1) is 21.0. The van der Waals surface area contributed by atoms with Gasteiger partial charge in [-0.3, -0.25) is 14.4 Å². The van der Waals surface area contributed by atoms with E-state index in [-0.39, 0.29) is 5.56 Å². The Bertz CT molecular complexity index is 868. The van der Waals surface area contributed by atoms with E-state index in [0.29, 0.717) is 16.8 Å². The maximum Gasteiger partial charge on any atom is 0.254 e. The molecule has 148 valence electrons. The van der Waals surface area contributed by atoms with Crippen LogP contribution in [0.25, 0.3) is 11.1 Å². The topological polar surface area (TPSA) is 98.7 Å². The molecule has 2 amide bonds. The standard InChI is InChI=1S/C20H22FN3O4/c1-22-16-9-8-14(10-15(16)21)12-4-6-13(7-5-12)20(28)24(3)18(17(26)11-25)19(27)23-2/h4-10,18,22,25H,11H2,1-3H3,(H,23,27). The summed E-state index contributed by atoms with van der Waals surface area (Å²) in [7, 11) is 4.28. The molecular formula is C20H22FN3O4. The van der Waals surface area contributed by atoms with Crippen LogP contribution in [0.3, 0.4) is 0 Å². The lowest BCUT2D eigenvalue weighted by Gasteiger charge is -2.25. The van der Waals surface area contributed by atoms with Gasteiger partial charge in [-0.1, -0.05) is 18.2 Å². The highest BCUT2D eigenvalue weighted by atomic mass is 19.1. The van der Waals surface area contributed by atoms with Gasteiger partial charge in [0.1, 0.15) is 12.4 Å². The van der Waals surface area contributed by atoms with E-state index in [9.17, 15) is 18.8 Å². The van der Waals surface area contributed by atoms with E-state index < -0.39 is 36.1 Å². The Morgan fingerprint density at radius 1 is 1.07 bits per heavy atom. The van der Waals surface area contributed by atoms with Gasteiger partial charge in [-0.15, -0.1) is 0 Å². The summed E-state index contributed by atoms with van der Waals surface area (Å²) < 4.78 is 13.9. The predicted molar refractivity (Wildman–Crippen MR) is 103 cm³/mol. The highest BCUT2D eigenvalue weighted by Crippen LogP contribution is 2.24. The van der Waals surface area contributed by atoms with Gasteiger partial charge in [0, 0.05) is 26.7 Å². The van der Waals surface area contributed by atoms with E-state index >= 15 is 0 Å². The minimum atomic E-state index is -1.43. The number of nitrogens with zero attached hydrogens (tertiary/aromatic N) is 1. The van der Waals surface area contributed by atoms with Gasteiger partial charge in [0.15, 0.2) is 11.8 Å². The first-order valence-corrected chi connectivity index (χ1v) is 8.54. The van der Waals surface area contributed by atoms with Gasteiger partial charge in [0.2, 0.25) is 5.91 Å². The van der Waals surface area contributed by atoms with Crippen LogP contribution in [-0.2, 0) is 9.59 Å². The Morgan fingerprint density at radius 2 is 1.68 bits per heavy atom. The van der Waals surface area contributed by atoms with Crippen molar-refractivity contribution in [1.82, 2.24) is 10.2 Å². The minimum absolute atomic E-state index is 0.248. The fraction of sp³-hybridized carbons (Fsp3) is 0.250. The number of hydrogen-bond donors (Lipinski definition) is 3. The smallest absolute Gasteiger partial charge is 0.254 e. The number of carbonyl (C=O) groups is 3. The van der Waals surface area contributed by atoms with Crippen molar-refractivity contribution >= 4 is 23.3 Å². The minimum Gasteiger partial charge on any atom is -0.388 e. The number of halogens is 1. The van der Waals surface area contributed by atoms with Gasteiger partial charge in [-0.25, -0.2) is 4.39 Å². The molecule has 0 aliphatic heterocycles. The fourth-order valence-corrected chi connectivity index (χ4v) is 2.78. The number of amides is 2. The van der Waals surface area contributed by atoms with Crippen LogP contribution in [0.5, 0.6) is 0 Å². The van der Waals surface area contributed by atoms with Crippen molar-refractivity contribution in [2.24, 2.45) is 0 Å². The third kappa shape index (κ3) is 4.34. The molecule has 0 aliphatic rings. The number of hydrogen-bond acceptors (Lipinski definition) is 5. The second kappa shape index (κ2) is 9.09. The number of carbonyl (C=O) groups excluding carboxylic acids is 3. The van der Waals surface area contributed by atoms with Crippen LogP contribution in [0.4, 0.5) is 10.1 Å². The fourth-order valence-electron chi connectivity index (χ4n) is 2.78. The predicted octanol–water partition coefficient (Wildman–Crippen LogP) is 1.28. The molecule has 1 atom stereocenters. The summed E-state index contributed by atoms with van der Waals surface area (Å²) in [6.07, 6.45) is 0. The molecule has 0 fully saturated rings. The van der Waals surface area contributed by atoms with Crippen molar-refractivity contribution in [2.75, 3.05) is 33.1 Å². The van der Waals surface area contributed by atoms with Gasteiger partial charge < -0.3 is 20.6 Å². The van der Waals surface area contributed by atoms with E-state index in [1.54, 1.807) is 31.3 Å². The molecule has 0 spiro atoms. The van der Waals surface area contributed by atoms with E-state index in [1.165, 1.54) is 32.3 Å². The summed E-state index contributed by atoms with van der Waals surface area (Å²) in [6, 6.07) is 9.69. The van der Waals surface area contributed by atoms with Crippen LogP contribution in [0.1, 0.15) is 10.4 Å². The largest absolute Gasteiger partial charge is 0.388 e. The van der Waals surface area contributed by atoms with Crippen molar-refractivity contribution in [3.8, 4) is 11.1 Å². The summed E-state index contributed by atoms with van der Waals surface area (Å²) in [5.41, 5.74) is 1.97. The highest BCUT2D eigenvalue weighted by molar-refractivity contribution is 6.10. The second-order valence-corrected chi connectivity index (χ2v) is 6.08. The molecule has 2 aromatic rings. The molecule has 7 nitrogen and oxygen atoms in total. The summed E-state index contributed by atoms with van der Waals surface area (Å²) in [5.74, 6) is -2.42. The average Bonchev–Trinajstić information content (AvgIpc) is 2.72. The molecule has 0 saturated heterocycles. The molecule has 0 saturated carbocycles. The normalized spacial score (nSPS) is 11.5. The lowest BCUT2D eigenvalue weighted by atomic mass is 10.0. The molecule has 2 aromatic carbocycles. The van der Waals surface area contributed by atoms with Gasteiger partial charge in [-0.2, -0.15) is 0 Å². The molecule has 3 N–H and O–H groups in total. The molecule has 28 heavy (non-hydrogen) atoms. The lowest BCUT2D eigenvalue weighted by molar-refractivity contribution is -0.135. The van der Waals surface area contributed by atoms with Gasteiger partial charge in [0.05, 0.1) is 5.69 Å². The summed E-state index contributed by atoms with van der Waals surface area (Å²) in [4.78, 5) is 37.4. The molecule has 1 unspecified atom stereocenters. The molecule has 0 radical (unpaired) electrons. The highest BCUT2D eigenvalue weighted by Gasteiger charge is 2.32. The van der Waals surface area contributed by atoms with Gasteiger partial charge in [0.25, 0.3) is 5.91 Å². The summed E-state index contributed by atoms with van der Waals surface area (Å²) >= 11 is 0. The van der Waals surface area contributed by atoms with Crippen LogP contribution in [0.15, 0.2) is 42.5 Å². The van der Waals surface area contributed by atoms with E-state index in [4.69, 9.17) is 5.11 Å². The second-order valence-electron chi connectivity index (χ2n) is 6.08. The van der Waals surface area contributed by atoms with Crippen molar-refractivity contribution in [3.05, 3.63) is 53.8 Å². The van der Waals surface area contributed by atoms with Crippen LogP contribution >= 0.6 is 0 Å². The lowest BCUT2D eigenvalue weighted by Crippen LogP contribution is -2.52. The number of aliphatic hydroxyl groups is 1. The van der Waals surface area contributed by atoms with E-state index in [1.807, 2.05) is 0 Å². The summed E-state index contributed by atoms with van der Waals surface area (Å²) in [6.45, 7) is -0.858. The van der Waals surface area contributed by atoms with Gasteiger partial charge >= 0.3 is 0 Å². The van der Waals surface area contributed by atoms with E-state index in [0.717, 1.165) is 4.90 Å². The zero-order chi connectivity index (χ0) is 20.8. The molecule has 0 aliphatic carbocycles. The molecule has 0 bridgehead atoms. The number of rotatable bonds is 7. The van der Waals surface area contributed by atoms with Crippen LogP contribution in [0, 0.1) is 5.82 Å². The van der Waals surface area contributed by atoms with Crippen molar-refractivity contribution in [3.63, 3.8) is 0 Å². The Hall–Kier alpha value is -3.26. The third-order valence-electron chi connectivity index (χ3n) is 4.37. The van der Waals surface area contributed by atoms with Crippen LogP contribution in [-0.4, -0.2) is 61.4 Å². The zero-order valence-electron chi connectivity index (χ0n) is 15.8. The Balaban J connectivity index is 2.26. The Labute approximate surface area is 162 Å². The van der Waals surface area contributed by atoms with Crippen LogP contribution < -0.4 is 10.6 Å². The Morgan fingerprint density at radius 3 is 2.18 bits per heavy atom. The van der Waals surface area contributed by atoms with Crippen molar-refractivity contribution in [2.45, 2.75) is 6.04 Å². The number of benzene rings is 2. The van der Waals surface area contributed by atoms with Gasteiger partial charge in [-0.05, 0) is 35.4 Å². The molecular weight excluding hydrogens is 365 g/mol. The number of aliphatic hydroxyl groups excluding tert-OH is 1. The SMILES string of the molecule is CNC(=O)C(C(=O)CO)N(C)C(=O)c1ccc(-c2ccc(NC)c(F)c2)cc1. The summed E-state index contributed by atoms with van der Waals surface area (Å²) in [5, 5.41) is 14.1. The number of anilines is 1. The first-order valence-electron chi connectivity index (χ1n) is 8.54. The van der Waals surface area contributed by atoms with Crippen molar-refractivity contribution < 1.29 is 23.9 Å². The van der Waals surface area contributed by atoms with Crippen LogP contribution in [0.2, 0.25) is 0 Å². The maximum absolute atomic E-state index is 13.9. The number of likely N-dealkylation sites (N-methyl/N-ethyl adjacent to an activating group) is 2. The van der Waals surface area contributed by atoms with E-state index in [2.05, 4.69) is 10.6 Å². The molecule has 0 heterocycles. The Kier molecular flexibility index (Phi) is 6.84. The zero-order valence-corrected chi connectivity index (χ0v) is 15.8. The average molecular weight is 387 g/mol. The number of Topliss-reactive ketones (excluding diaryl/α,β-unsaturated/α-hetero) is 1. The number of nitrogens with one attached hydrogen (secondary N) is 2. The molecule has 2 rings (SSSR count). The molecule has 0 aromatic heterocycles. The van der Waals surface area contributed by atoms with Crippen molar-refractivity contribution in [1.29, 1.82) is 0 Å². The molecule has 8 heteroatoms. The number of ketones is 1. The quantitative estimate of drug-likeness (QED) is 0.622. The third-order valence-corrected chi connectivity index (χ3v) is 4.37. The maximum atomic E-state index is 13.9.